The Morgan fingerprint density at radius 2 is 2.06 bits per heavy atom. The van der Waals surface area contributed by atoms with Crippen molar-refractivity contribution in [3.8, 4) is 5.75 Å². The molecule has 2 unspecified atom stereocenters. The third-order valence-electron chi connectivity index (χ3n) is 3.68. The summed E-state index contributed by atoms with van der Waals surface area (Å²) in [6.45, 7) is 1.88. The molecule has 0 aliphatic carbocycles. The number of carbonyl (C=O) groups is 1. The molecule has 90 valence electrons. The first-order chi connectivity index (χ1) is 8.31. The van der Waals surface area contributed by atoms with Crippen LogP contribution in [0.5, 0.6) is 5.75 Å². The van der Waals surface area contributed by atoms with E-state index in [1.165, 1.54) is 0 Å². The van der Waals surface area contributed by atoms with Gasteiger partial charge in [0, 0.05) is 38.4 Å². The summed E-state index contributed by atoms with van der Waals surface area (Å²) in [4.78, 5) is 13.8. The van der Waals surface area contributed by atoms with Gasteiger partial charge in [-0.25, -0.2) is 0 Å². The van der Waals surface area contributed by atoms with Gasteiger partial charge in [-0.05, 0) is 12.1 Å². The molecule has 1 aromatic carbocycles. The summed E-state index contributed by atoms with van der Waals surface area (Å²) < 4.78 is 5.95. The predicted molar refractivity (Wildman–Crippen MR) is 65.1 cm³/mol. The van der Waals surface area contributed by atoms with E-state index in [4.69, 9.17) is 4.74 Å². The summed E-state index contributed by atoms with van der Waals surface area (Å²) in [6.07, 6.45) is 2.66. The highest BCUT2D eigenvalue weighted by molar-refractivity contribution is 5.80. The van der Waals surface area contributed by atoms with Crippen molar-refractivity contribution in [1.29, 1.82) is 0 Å². The van der Waals surface area contributed by atoms with E-state index in [1.54, 1.807) is 0 Å². The number of rotatable bonds is 2. The zero-order valence-corrected chi connectivity index (χ0v) is 9.84. The molecule has 0 bridgehead atoms. The van der Waals surface area contributed by atoms with Gasteiger partial charge in [0.25, 0.3) is 0 Å². The molecule has 2 aliphatic rings. The molecule has 0 amide bonds. The van der Waals surface area contributed by atoms with Crippen molar-refractivity contribution in [3.05, 3.63) is 30.3 Å². The van der Waals surface area contributed by atoms with Gasteiger partial charge in [0.2, 0.25) is 0 Å². The van der Waals surface area contributed by atoms with Gasteiger partial charge in [0.05, 0.1) is 0 Å². The van der Waals surface area contributed by atoms with Crippen molar-refractivity contribution in [2.75, 3.05) is 13.1 Å². The minimum Gasteiger partial charge on any atom is -0.489 e. The maximum absolute atomic E-state index is 11.4. The largest absolute Gasteiger partial charge is 0.489 e. The number of carbonyl (C=O) groups excluding carboxylic acids is 1. The fraction of sp³-hybridized carbons (Fsp3) is 0.500. The van der Waals surface area contributed by atoms with Gasteiger partial charge in [0.15, 0.2) is 0 Å². The van der Waals surface area contributed by atoms with Gasteiger partial charge in [0.1, 0.15) is 17.6 Å². The molecule has 2 aliphatic heterocycles. The molecular formula is C14H17NO2. The summed E-state index contributed by atoms with van der Waals surface area (Å²) in [6, 6.07) is 10.4. The molecule has 2 atom stereocenters. The van der Waals surface area contributed by atoms with E-state index in [-0.39, 0.29) is 6.10 Å². The number of benzene rings is 1. The van der Waals surface area contributed by atoms with Crippen molar-refractivity contribution in [2.24, 2.45) is 0 Å². The summed E-state index contributed by atoms with van der Waals surface area (Å²) in [5.74, 6) is 1.34. The topological polar surface area (TPSA) is 29.5 Å². The quantitative estimate of drug-likeness (QED) is 0.778. The van der Waals surface area contributed by atoms with E-state index >= 15 is 0 Å². The maximum atomic E-state index is 11.4. The Morgan fingerprint density at radius 1 is 1.24 bits per heavy atom. The lowest BCUT2D eigenvalue weighted by atomic mass is 10.0. The van der Waals surface area contributed by atoms with Gasteiger partial charge in [-0.2, -0.15) is 0 Å². The van der Waals surface area contributed by atoms with Crippen LogP contribution in [0.25, 0.3) is 0 Å². The molecule has 2 fully saturated rings. The molecule has 0 aromatic heterocycles. The van der Waals surface area contributed by atoms with Crippen LogP contribution in [0, 0.1) is 0 Å². The van der Waals surface area contributed by atoms with E-state index in [2.05, 4.69) is 4.90 Å². The van der Waals surface area contributed by atoms with Crippen molar-refractivity contribution in [3.63, 3.8) is 0 Å². The first-order valence-corrected chi connectivity index (χ1v) is 6.29. The lowest BCUT2D eigenvalue weighted by Crippen LogP contribution is -2.38. The third-order valence-corrected chi connectivity index (χ3v) is 3.68. The summed E-state index contributed by atoms with van der Waals surface area (Å²) >= 11 is 0. The minimum absolute atomic E-state index is 0.244. The highest BCUT2D eigenvalue weighted by atomic mass is 16.5. The molecule has 0 spiro atoms. The van der Waals surface area contributed by atoms with Crippen molar-refractivity contribution < 1.29 is 9.53 Å². The number of hydrogen-bond acceptors (Lipinski definition) is 3. The third kappa shape index (κ3) is 2.34. The average Bonchev–Trinajstić information content (AvgIpc) is 2.71. The van der Waals surface area contributed by atoms with Gasteiger partial charge in [-0.3, -0.25) is 9.69 Å². The van der Waals surface area contributed by atoms with Crippen molar-refractivity contribution in [2.45, 2.75) is 31.4 Å². The van der Waals surface area contributed by atoms with E-state index in [0.29, 0.717) is 24.7 Å². The molecule has 0 saturated carbocycles. The van der Waals surface area contributed by atoms with Gasteiger partial charge in [-0.15, -0.1) is 0 Å². The number of hydrogen-bond donors (Lipinski definition) is 0. The Labute approximate surface area is 101 Å². The van der Waals surface area contributed by atoms with E-state index in [1.807, 2.05) is 30.3 Å². The molecule has 3 nitrogen and oxygen atoms in total. The average molecular weight is 231 g/mol. The Kier molecular flexibility index (Phi) is 2.85. The standard InChI is InChI=1S/C14H17NO2/c16-12-6-7-15-10-14(9-11(15)8-12)17-13-4-2-1-3-5-13/h1-5,11,14H,6-10H2. The first kappa shape index (κ1) is 10.8. The van der Waals surface area contributed by atoms with Crippen LogP contribution in [0.3, 0.4) is 0 Å². The Hall–Kier alpha value is -1.35. The fourth-order valence-corrected chi connectivity index (χ4v) is 2.83. The Balaban J connectivity index is 1.62. The number of nitrogens with zero attached hydrogens (tertiary/aromatic N) is 1. The van der Waals surface area contributed by atoms with Crippen LogP contribution in [0.15, 0.2) is 30.3 Å². The lowest BCUT2D eigenvalue weighted by molar-refractivity contribution is -0.122. The van der Waals surface area contributed by atoms with Crippen LogP contribution in [0.1, 0.15) is 19.3 Å². The predicted octanol–water partition coefficient (Wildman–Crippen LogP) is 1.87. The smallest absolute Gasteiger partial charge is 0.135 e. The molecular weight excluding hydrogens is 214 g/mol. The molecule has 1 aromatic rings. The van der Waals surface area contributed by atoms with E-state index < -0.39 is 0 Å². The maximum Gasteiger partial charge on any atom is 0.135 e. The van der Waals surface area contributed by atoms with Crippen LogP contribution >= 0.6 is 0 Å². The molecule has 2 heterocycles. The highest BCUT2D eigenvalue weighted by Crippen LogP contribution is 2.28. The number of fused-ring (bicyclic) bond motifs is 1. The number of Topliss-reactive ketones (excluding diaryl/α,β-unsaturated/α-hetero) is 1. The number of ether oxygens (including phenoxy) is 1. The molecule has 3 heteroatoms. The van der Waals surface area contributed by atoms with Crippen LogP contribution in [0.2, 0.25) is 0 Å². The van der Waals surface area contributed by atoms with Crippen LogP contribution < -0.4 is 4.74 Å². The normalized spacial score (nSPS) is 29.1. The number of para-hydroxylation sites is 1. The second kappa shape index (κ2) is 4.49. The summed E-state index contributed by atoms with van der Waals surface area (Å²) in [5.41, 5.74) is 0. The fourth-order valence-electron chi connectivity index (χ4n) is 2.83. The Bertz CT molecular complexity index is 404. The number of ketones is 1. The SMILES string of the molecule is O=C1CCN2CC(Oc3ccccc3)CC2C1. The van der Waals surface area contributed by atoms with Gasteiger partial charge < -0.3 is 4.74 Å². The lowest BCUT2D eigenvalue weighted by Gasteiger charge is -2.27. The molecule has 0 N–H and O–H groups in total. The molecule has 3 rings (SSSR count). The van der Waals surface area contributed by atoms with Crippen LogP contribution in [0.4, 0.5) is 0 Å². The van der Waals surface area contributed by atoms with Crippen molar-refractivity contribution >= 4 is 5.78 Å². The zero-order chi connectivity index (χ0) is 11.7. The zero-order valence-electron chi connectivity index (χ0n) is 9.84. The van der Waals surface area contributed by atoms with Crippen molar-refractivity contribution in [1.82, 2.24) is 4.90 Å². The molecule has 0 radical (unpaired) electrons. The van der Waals surface area contributed by atoms with Gasteiger partial charge in [-0.1, -0.05) is 18.2 Å². The molecule has 2 saturated heterocycles. The summed E-state index contributed by atoms with van der Waals surface area (Å²) in [7, 11) is 0. The number of piperidine rings is 1. The minimum atomic E-state index is 0.244. The first-order valence-electron chi connectivity index (χ1n) is 6.29. The molecule has 17 heavy (non-hydrogen) atoms. The van der Waals surface area contributed by atoms with Crippen LogP contribution in [-0.2, 0) is 4.79 Å². The second-order valence-electron chi connectivity index (χ2n) is 4.93. The monoisotopic (exact) mass is 231 g/mol. The van der Waals surface area contributed by atoms with E-state index in [9.17, 15) is 4.79 Å². The highest BCUT2D eigenvalue weighted by Gasteiger charge is 2.37. The van der Waals surface area contributed by atoms with Gasteiger partial charge >= 0.3 is 0 Å². The van der Waals surface area contributed by atoms with E-state index in [0.717, 1.165) is 25.3 Å². The Morgan fingerprint density at radius 3 is 2.88 bits per heavy atom. The summed E-state index contributed by atoms with van der Waals surface area (Å²) in [5, 5.41) is 0. The second-order valence-corrected chi connectivity index (χ2v) is 4.93. The van der Waals surface area contributed by atoms with Crippen LogP contribution in [-0.4, -0.2) is 35.9 Å².